The Bertz CT molecular complexity index is 1600. The summed E-state index contributed by atoms with van der Waals surface area (Å²) in [6.45, 7) is 0.232. The van der Waals surface area contributed by atoms with Gasteiger partial charge in [0, 0.05) is 22.8 Å². The number of carbonyl (C=O) groups excluding carboxylic acids is 1. The second kappa shape index (κ2) is 10.8. The number of benzene rings is 3. The summed E-state index contributed by atoms with van der Waals surface area (Å²) in [6.07, 6.45) is 2.73. The summed E-state index contributed by atoms with van der Waals surface area (Å²) >= 11 is 1.48. The number of nitrogens with zero attached hydrogens (tertiary/aromatic N) is 3. The first-order chi connectivity index (χ1) is 18.7. The molecule has 6 rings (SSSR count). The van der Waals surface area contributed by atoms with Gasteiger partial charge < -0.3 is 10.1 Å². The molecule has 7 heteroatoms. The smallest absolute Gasteiger partial charge is 0.187 e. The highest BCUT2D eigenvalue weighted by Gasteiger charge is 2.25. The van der Waals surface area contributed by atoms with Crippen LogP contribution in [-0.2, 0) is 6.42 Å². The van der Waals surface area contributed by atoms with Crippen molar-refractivity contribution >= 4 is 39.3 Å². The second-order valence-electron chi connectivity index (χ2n) is 8.96. The lowest BCUT2D eigenvalue weighted by Crippen LogP contribution is -2.20. The summed E-state index contributed by atoms with van der Waals surface area (Å²) in [7, 11) is 0. The number of hydrogen-bond acceptors (Lipinski definition) is 7. The molecule has 38 heavy (non-hydrogen) atoms. The van der Waals surface area contributed by atoms with Crippen LogP contribution in [0.25, 0.3) is 11.4 Å². The summed E-state index contributed by atoms with van der Waals surface area (Å²) < 4.78 is 6.00. The summed E-state index contributed by atoms with van der Waals surface area (Å²) in [6, 6.07) is 30.0. The third kappa shape index (κ3) is 5.38. The molecule has 3 aromatic carbocycles. The number of para-hydroxylation sites is 1. The molecule has 1 N–H and O–H groups in total. The Morgan fingerprint density at radius 1 is 0.868 bits per heavy atom. The molecule has 5 aromatic rings. The number of carbonyl (C=O) groups is 1. The van der Waals surface area contributed by atoms with E-state index in [1.807, 2.05) is 66.0 Å². The van der Waals surface area contributed by atoms with E-state index in [0.717, 1.165) is 23.0 Å². The Kier molecular flexibility index (Phi) is 6.74. The monoisotopic (exact) mass is 516 g/mol. The summed E-state index contributed by atoms with van der Waals surface area (Å²) in [5.41, 5.74) is 6.49. The lowest BCUT2D eigenvalue weighted by Gasteiger charge is -2.17. The van der Waals surface area contributed by atoms with E-state index in [4.69, 9.17) is 14.7 Å². The molecule has 2 aromatic heterocycles. The van der Waals surface area contributed by atoms with Gasteiger partial charge in [0.2, 0.25) is 0 Å². The molecule has 0 aliphatic carbocycles. The number of ether oxygens (including phenoxy) is 1. The van der Waals surface area contributed by atoms with Gasteiger partial charge in [-0.3, -0.25) is 14.8 Å². The van der Waals surface area contributed by atoms with Gasteiger partial charge in [-0.15, -0.1) is 11.3 Å². The average molecular weight is 517 g/mol. The van der Waals surface area contributed by atoms with Crippen LogP contribution < -0.4 is 10.1 Å². The maximum Gasteiger partial charge on any atom is 0.187 e. The van der Waals surface area contributed by atoms with Crippen molar-refractivity contribution in [2.75, 3.05) is 11.9 Å². The van der Waals surface area contributed by atoms with Gasteiger partial charge >= 0.3 is 0 Å². The number of nitrogens with one attached hydrogen (secondary N) is 1. The SMILES string of the molecule is O=C1CC(COc2ccc(Cc3ccccc3)cc2)=Nc2c1ccnc2-c1csc(Nc2ccccc2)n1. The molecule has 0 amide bonds. The molecule has 3 heterocycles. The molecule has 0 spiro atoms. The van der Waals surface area contributed by atoms with Crippen LogP contribution in [0, 0.1) is 0 Å². The topological polar surface area (TPSA) is 76.5 Å². The Labute approximate surface area is 224 Å². The van der Waals surface area contributed by atoms with Gasteiger partial charge in [-0.2, -0.15) is 0 Å². The third-order valence-corrected chi connectivity index (χ3v) is 6.97. The van der Waals surface area contributed by atoms with E-state index >= 15 is 0 Å². The molecule has 186 valence electrons. The van der Waals surface area contributed by atoms with Crippen LogP contribution in [0.1, 0.15) is 27.9 Å². The van der Waals surface area contributed by atoms with Gasteiger partial charge in [0.1, 0.15) is 29.4 Å². The quantitative estimate of drug-likeness (QED) is 0.235. The van der Waals surface area contributed by atoms with E-state index in [2.05, 4.69) is 34.6 Å². The lowest BCUT2D eigenvalue weighted by molar-refractivity contribution is 0.0998. The molecule has 0 saturated heterocycles. The van der Waals surface area contributed by atoms with Gasteiger partial charge in [0.25, 0.3) is 0 Å². The van der Waals surface area contributed by atoms with Crippen LogP contribution in [0.3, 0.4) is 0 Å². The number of thiazole rings is 1. The van der Waals surface area contributed by atoms with E-state index in [1.54, 1.807) is 12.3 Å². The van der Waals surface area contributed by atoms with Crippen molar-refractivity contribution in [2.45, 2.75) is 12.8 Å². The summed E-state index contributed by atoms with van der Waals surface area (Å²) in [4.78, 5) is 27.0. The molecule has 0 unspecified atom stereocenters. The zero-order chi connectivity index (χ0) is 25.7. The first-order valence-electron chi connectivity index (χ1n) is 12.3. The van der Waals surface area contributed by atoms with Crippen molar-refractivity contribution in [3.05, 3.63) is 119 Å². The minimum Gasteiger partial charge on any atom is -0.488 e. The molecule has 1 aliphatic rings. The molecule has 0 bridgehead atoms. The first-order valence-corrected chi connectivity index (χ1v) is 13.2. The molecule has 0 radical (unpaired) electrons. The zero-order valence-electron chi connectivity index (χ0n) is 20.5. The van der Waals surface area contributed by atoms with Crippen molar-refractivity contribution in [1.82, 2.24) is 9.97 Å². The Hall–Kier alpha value is -4.62. The van der Waals surface area contributed by atoms with E-state index in [-0.39, 0.29) is 18.8 Å². The Morgan fingerprint density at radius 2 is 1.61 bits per heavy atom. The number of rotatable bonds is 8. The maximum atomic E-state index is 13.0. The van der Waals surface area contributed by atoms with E-state index in [9.17, 15) is 4.79 Å². The molecule has 0 fully saturated rings. The van der Waals surface area contributed by atoms with Gasteiger partial charge in [-0.1, -0.05) is 60.7 Å². The Morgan fingerprint density at radius 3 is 2.39 bits per heavy atom. The van der Waals surface area contributed by atoms with Gasteiger partial charge in [0.15, 0.2) is 10.9 Å². The lowest BCUT2D eigenvalue weighted by atomic mass is 9.99. The number of aromatic nitrogens is 2. The van der Waals surface area contributed by atoms with Gasteiger partial charge in [-0.25, -0.2) is 4.98 Å². The van der Waals surface area contributed by atoms with Crippen molar-refractivity contribution < 1.29 is 9.53 Å². The standard InChI is InChI=1S/C31H24N4O2S/c36-28-18-24(19-37-25-13-11-22(12-14-25)17-21-7-3-1-4-8-21)33-29-26(28)15-16-32-30(29)27-20-38-31(35-27)34-23-9-5-2-6-10-23/h1-16,20H,17-19H2,(H,34,35). The normalized spacial score (nSPS) is 12.5. The Balaban J connectivity index is 1.18. The minimum atomic E-state index is 0.00771. The molecule has 6 nitrogen and oxygen atoms in total. The first kappa shape index (κ1) is 23.8. The van der Waals surface area contributed by atoms with Crippen molar-refractivity contribution in [1.29, 1.82) is 0 Å². The minimum absolute atomic E-state index is 0.00771. The fourth-order valence-corrected chi connectivity index (χ4v) is 5.04. The molecule has 0 atom stereocenters. The number of aliphatic imine (C=N–C) groups is 1. The molecular formula is C31H24N4O2S. The van der Waals surface area contributed by atoms with Crippen LogP contribution in [0.4, 0.5) is 16.5 Å². The zero-order valence-corrected chi connectivity index (χ0v) is 21.3. The summed E-state index contributed by atoms with van der Waals surface area (Å²) in [5.74, 6) is 0.749. The van der Waals surface area contributed by atoms with Crippen molar-refractivity contribution in [3.63, 3.8) is 0 Å². The average Bonchev–Trinajstić information content (AvgIpc) is 3.42. The second-order valence-corrected chi connectivity index (χ2v) is 9.82. The van der Waals surface area contributed by atoms with E-state index in [0.29, 0.717) is 28.4 Å². The fraction of sp³-hybridized carbons (Fsp3) is 0.0968. The van der Waals surface area contributed by atoms with Crippen LogP contribution in [0.15, 0.2) is 108 Å². The van der Waals surface area contributed by atoms with E-state index in [1.165, 1.54) is 22.5 Å². The van der Waals surface area contributed by atoms with Crippen LogP contribution >= 0.6 is 11.3 Å². The number of anilines is 2. The summed E-state index contributed by atoms with van der Waals surface area (Å²) in [5, 5.41) is 5.98. The van der Waals surface area contributed by atoms with Crippen LogP contribution in [-0.4, -0.2) is 28.1 Å². The van der Waals surface area contributed by atoms with Crippen LogP contribution in [0.2, 0.25) is 0 Å². The molecular weight excluding hydrogens is 492 g/mol. The number of Topliss-reactive ketones (excluding diaryl/α,β-unsaturated/α-hetero) is 1. The number of ketones is 1. The predicted molar refractivity (Wildman–Crippen MR) is 152 cm³/mol. The van der Waals surface area contributed by atoms with Gasteiger partial charge in [-0.05, 0) is 47.9 Å². The third-order valence-electron chi connectivity index (χ3n) is 6.21. The number of hydrogen-bond donors (Lipinski definition) is 1. The van der Waals surface area contributed by atoms with Crippen molar-refractivity contribution in [3.8, 4) is 17.1 Å². The van der Waals surface area contributed by atoms with Crippen molar-refractivity contribution in [2.24, 2.45) is 4.99 Å². The number of pyridine rings is 1. The largest absolute Gasteiger partial charge is 0.488 e. The molecule has 0 saturated carbocycles. The van der Waals surface area contributed by atoms with Crippen LogP contribution in [0.5, 0.6) is 5.75 Å². The number of fused-ring (bicyclic) bond motifs is 1. The van der Waals surface area contributed by atoms with E-state index < -0.39 is 0 Å². The fourth-order valence-electron chi connectivity index (χ4n) is 4.33. The predicted octanol–water partition coefficient (Wildman–Crippen LogP) is 7.28. The highest BCUT2D eigenvalue weighted by Crippen LogP contribution is 2.36. The highest BCUT2D eigenvalue weighted by molar-refractivity contribution is 7.14. The highest BCUT2D eigenvalue weighted by atomic mass is 32.1. The van der Waals surface area contributed by atoms with Gasteiger partial charge in [0.05, 0.1) is 12.1 Å². The molecule has 1 aliphatic heterocycles. The maximum absolute atomic E-state index is 13.0.